The molecule has 0 fully saturated rings. The number of carbonyl (C=O) groups excluding carboxylic acids is 2. The van der Waals surface area contributed by atoms with Gasteiger partial charge in [-0.15, -0.1) is 0 Å². The van der Waals surface area contributed by atoms with Crippen LogP contribution in [0, 0.1) is 0 Å². The van der Waals surface area contributed by atoms with E-state index in [2.05, 4.69) is 118 Å². The van der Waals surface area contributed by atoms with E-state index in [1.54, 1.807) is 12.1 Å². The summed E-state index contributed by atoms with van der Waals surface area (Å²) in [5, 5.41) is 0. The van der Waals surface area contributed by atoms with Crippen molar-refractivity contribution < 1.29 is 28.5 Å². The van der Waals surface area contributed by atoms with E-state index in [-0.39, 0.29) is 12.2 Å². The Bertz CT molecular complexity index is 1840. The van der Waals surface area contributed by atoms with E-state index in [0.717, 1.165) is 61.5 Å². The average molecular weight is 867 g/mol. The third-order valence-electron chi connectivity index (χ3n) is 9.54. The second-order valence-electron chi connectivity index (χ2n) is 15.9. The Morgan fingerprint density at radius 1 is 0.654 bits per heavy atom. The minimum Gasteiger partial charge on any atom is -0.477 e. The van der Waals surface area contributed by atoms with Gasteiger partial charge in [0.05, 0.1) is 33.3 Å². The molecule has 0 unspecified atom stereocenters. The first kappa shape index (κ1) is 38.4. The summed E-state index contributed by atoms with van der Waals surface area (Å²) in [6, 6.07) is 18.2. The molecular formula is C40H46Br2N2O6Si2. The highest BCUT2D eigenvalue weighted by molar-refractivity contribution is 9.10. The fraction of sp³-hybridized carbons (Fsp3) is 0.400. The van der Waals surface area contributed by atoms with Gasteiger partial charge >= 0.3 is 0 Å². The normalized spacial score (nSPS) is 16.6. The molecule has 2 heterocycles. The van der Waals surface area contributed by atoms with Crippen molar-refractivity contribution in [1.29, 1.82) is 0 Å². The zero-order valence-corrected chi connectivity index (χ0v) is 35.9. The molecule has 2 aromatic carbocycles. The first-order valence-electron chi connectivity index (χ1n) is 17.9. The molecule has 0 N–H and O–H groups in total. The smallest absolute Gasteiger partial charge is 0.231 e. The molecule has 0 bridgehead atoms. The number of rotatable bonds is 15. The molecule has 0 saturated carbocycles. The summed E-state index contributed by atoms with van der Waals surface area (Å²) in [5.41, 5.74) is 8.02. The van der Waals surface area contributed by atoms with Crippen LogP contribution in [0.3, 0.4) is 0 Å². The number of hydrogen-bond donors (Lipinski definition) is 0. The lowest BCUT2D eigenvalue weighted by atomic mass is 9.91. The highest BCUT2D eigenvalue weighted by atomic mass is 79.9. The largest absolute Gasteiger partial charge is 0.477 e. The van der Waals surface area contributed by atoms with Crippen molar-refractivity contribution >= 4 is 60.6 Å². The molecular weight excluding hydrogens is 820 g/mol. The lowest BCUT2D eigenvalue weighted by Crippen LogP contribution is -2.22. The first-order chi connectivity index (χ1) is 24.7. The number of hydrogen-bond acceptors (Lipinski definition) is 8. The van der Waals surface area contributed by atoms with Gasteiger partial charge in [0.25, 0.3) is 0 Å². The van der Waals surface area contributed by atoms with Crippen molar-refractivity contribution in [2.75, 3.05) is 13.2 Å². The van der Waals surface area contributed by atoms with Crippen molar-refractivity contribution in [3.8, 4) is 34.6 Å². The summed E-state index contributed by atoms with van der Waals surface area (Å²) in [7, 11) is -2.64. The topological polar surface area (TPSA) is 96.8 Å². The second-order valence-corrected chi connectivity index (χ2v) is 28.9. The monoisotopic (exact) mass is 864 g/mol. The molecule has 0 spiro atoms. The average Bonchev–Trinajstić information content (AvgIpc) is 3.70. The molecule has 2 aliphatic carbocycles. The lowest BCUT2D eigenvalue weighted by Gasteiger charge is -2.19. The predicted octanol–water partition coefficient (Wildman–Crippen LogP) is 10.9. The first-order valence-corrected chi connectivity index (χ1v) is 26.9. The van der Waals surface area contributed by atoms with Crippen LogP contribution >= 0.6 is 31.9 Å². The summed E-state index contributed by atoms with van der Waals surface area (Å²) in [5.74, 6) is 1.46. The Hall–Kier alpha value is -3.33. The van der Waals surface area contributed by atoms with E-state index in [9.17, 15) is 9.59 Å². The third-order valence-corrected chi connectivity index (χ3v) is 14.1. The van der Waals surface area contributed by atoms with Crippen LogP contribution in [-0.4, -0.2) is 51.9 Å². The second kappa shape index (κ2) is 16.0. The standard InChI is InChI=1S/C40H46Br2N2O6Si2/c1-51(2,3)19-17-47-37-25(23-45)21-33(41)39(43-37)49-35-15-13-29-27(9-7-11-31(29)35)28-10-8-12-32-30(28)14-16-36(32)50-40-34(42)22-26(24-46)38(44-40)48-18-20-52(4,5)6/h7-12,21-24,35-36H,13-20H2,1-6H3/t35-,36-/m0/s1. The molecule has 0 saturated heterocycles. The Labute approximate surface area is 325 Å². The number of fused-ring (bicyclic) bond motifs is 2. The van der Waals surface area contributed by atoms with E-state index in [0.29, 0.717) is 56.8 Å². The molecule has 8 nitrogen and oxygen atoms in total. The Morgan fingerprint density at radius 3 is 1.42 bits per heavy atom. The van der Waals surface area contributed by atoms with Crippen LogP contribution in [0.4, 0.5) is 0 Å². The van der Waals surface area contributed by atoms with Crippen molar-refractivity contribution in [2.45, 2.75) is 89.3 Å². The van der Waals surface area contributed by atoms with Gasteiger partial charge < -0.3 is 18.9 Å². The zero-order valence-electron chi connectivity index (χ0n) is 30.7. The molecule has 274 valence electrons. The lowest BCUT2D eigenvalue weighted by molar-refractivity contribution is 0.111. The molecule has 0 aliphatic heterocycles. The summed E-state index contributed by atoms with van der Waals surface area (Å²) < 4.78 is 26.4. The Kier molecular flexibility index (Phi) is 11.8. The van der Waals surface area contributed by atoms with Crippen molar-refractivity contribution in [3.05, 3.63) is 90.9 Å². The maximum Gasteiger partial charge on any atom is 0.231 e. The molecule has 2 aromatic heterocycles. The number of ether oxygens (including phenoxy) is 4. The SMILES string of the molecule is C[Si](C)(C)CCOc1nc(O[C@H]2CCc3c(-c4cccc5c4CC[C@@H]5Oc4nc(OCC[Si](C)(C)C)c(C=O)cc4Br)cccc32)c(Br)cc1C=O. The number of benzene rings is 2. The van der Waals surface area contributed by atoms with E-state index >= 15 is 0 Å². The minimum atomic E-state index is -1.32. The predicted molar refractivity (Wildman–Crippen MR) is 217 cm³/mol. The fourth-order valence-electron chi connectivity index (χ4n) is 6.67. The Balaban J connectivity index is 1.23. The molecule has 6 rings (SSSR count). The van der Waals surface area contributed by atoms with Crippen molar-refractivity contribution in [2.24, 2.45) is 0 Å². The van der Waals surface area contributed by atoms with E-state index in [4.69, 9.17) is 18.9 Å². The number of aromatic nitrogens is 2. The quantitative estimate of drug-likeness (QED) is 0.0861. The van der Waals surface area contributed by atoms with E-state index < -0.39 is 16.1 Å². The van der Waals surface area contributed by atoms with Crippen LogP contribution < -0.4 is 18.9 Å². The number of nitrogens with zero attached hydrogens (tertiary/aromatic N) is 2. The maximum atomic E-state index is 11.8. The van der Waals surface area contributed by atoms with Gasteiger partial charge in [0.2, 0.25) is 23.5 Å². The van der Waals surface area contributed by atoms with Gasteiger partial charge in [0, 0.05) is 16.1 Å². The van der Waals surface area contributed by atoms with Gasteiger partial charge in [-0.2, -0.15) is 9.97 Å². The minimum absolute atomic E-state index is 0.191. The maximum absolute atomic E-state index is 11.8. The van der Waals surface area contributed by atoms with Gasteiger partial charge in [-0.1, -0.05) is 75.7 Å². The molecule has 2 atom stereocenters. The molecule has 12 heteroatoms. The molecule has 0 amide bonds. The third kappa shape index (κ3) is 8.89. The van der Waals surface area contributed by atoms with Crippen LogP contribution in [-0.2, 0) is 12.8 Å². The van der Waals surface area contributed by atoms with Crippen LogP contribution in [0.25, 0.3) is 11.1 Å². The van der Waals surface area contributed by atoms with Crippen LogP contribution in [0.15, 0.2) is 57.5 Å². The molecule has 4 aromatic rings. The van der Waals surface area contributed by atoms with Gasteiger partial charge in [-0.3, -0.25) is 9.59 Å². The number of carbonyl (C=O) groups is 2. The zero-order chi connectivity index (χ0) is 37.2. The van der Waals surface area contributed by atoms with Crippen molar-refractivity contribution in [1.82, 2.24) is 9.97 Å². The van der Waals surface area contributed by atoms with E-state index in [1.165, 1.54) is 22.3 Å². The molecule has 2 aliphatic rings. The number of halogens is 2. The van der Waals surface area contributed by atoms with Gasteiger partial charge in [0.1, 0.15) is 12.2 Å². The highest BCUT2D eigenvalue weighted by Crippen LogP contribution is 2.46. The van der Waals surface area contributed by atoms with Crippen LogP contribution in [0.2, 0.25) is 51.4 Å². The fourth-order valence-corrected chi connectivity index (χ4v) is 8.95. The molecule has 52 heavy (non-hydrogen) atoms. The number of aldehydes is 2. The van der Waals surface area contributed by atoms with Crippen LogP contribution in [0.1, 0.15) is 68.0 Å². The van der Waals surface area contributed by atoms with Crippen molar-refractivity contribution in [3.63, 3.8) is 0 Å². The summed E-state index contributed by atoms with van der Waals surface area (Å²) in [6.07, 6.45) is 4.51. The summed E-state index contributed by atoms with van der Waals surface area (Å²) >= 11 is 7.16. The van der Waals surface area contributed by atoms with Crippen LogP contribution in [0.5, 0.6) is 23.5 Å². The van der Waals surface area contributed by atoms with Gasteiger partial charge in [-0.25, -0.2) is 0 Å². The highest BCUT2D eigenvalue weighted by Gasteiger charge is 2.32. The van der Waals surface area contributed by atoms with Gasteiger partial charge in [-0.05, 0) is 115 Å². The number of pyridine rings is 2. The Morgan fingerprint density at radius 2 is 1.06 bits per heavy atom. The molecule has 0 radical (unpaired) electrons. The summed E-state index contributed by atoms with van der Waals surface area (Å²) in [4.78, 5) is 33.0. The van der Waals surface area contributed by atoms with Gasteiger partial charge in [0.15, 0.2) is 12.6 Å². The van der Waals surface area contributed by atoms with E-state index in [1.807, 2.05) is 0 Å². The summed E-state index contributed by atoms with van der Waals surface area (Å²) in [6.45, 7) is 14.8.